The number of hydrogen-bond donors (Lipinski definition) is 0. The summed E-state index contributed by atoms with van der Waals surface area (Å²) in [4.78, 5) is 47.5. The predicted octanol–water partition coefficient (Wildman–Crippen LogP) is 5.02. The predicted molar refractivity (Wildman–Crippen MR) is 142 cm³/mol. The quantitative estimate of drug-likeness (QED) is 0.162. The van der Waals surface area contributed by atoms with E-state index in [1.54, 1.807) is 24.3 Å². The maximum absolute atomic E-state index is 11.9. The Labute approximate surface area is 228 Å². The summed E-state index contributed by atoms with van der Waals surface area (Å²) < 4.78 is 30.4. The molecule has 0 N–H and O–H groups in total. The summed E-state index contributed by atoms with van der Waals surface area (Å²) in [6.45, 7) is 0.911. The normalized spacial score (nSPS) is 10.4. The van der Waals surface area contributed by atoms with Gasteiger partial charge in [0.05, 0.1) is 63.9 Å². The molecule has 0 aromatic heterocycles. The van der Waals surface area contributed by atoms with E-state index in [2.05, 4.69) is 0 Å². The fourth-order valence-electron chi connectivity index (χ4n) is 3.78. The lowest BCUT2D eigenvalue weighted by Crippen LogP contribution is -2.08. The summed E-state index contributed by atoms with van der Waals surface area (Å²) >= 11 is 0. The van der Waals surface area contributed by atoms with Crippen molar-refractivity contribution in [3.05, 3.63) is 58.7 Å². The first-order valence-corrected chi connectivity index (χ1v) is 12.7. The van der Waals surface area contributed by atoms with Gasteiger partial charge in [0.2, 0.25) is 0 Å². The molecule has 0 atom stereocenters. The second-order valence-corrected chi connectivity index (χ2v) is 8.63. The second kappa shape index (κ2) is 16.7. The van der Waals surface area contributed by atoms with Crippen molar-refractivity contribution >= 4 is 23.9 Å². The van der Waals surface area contributed by atoms with Crippen LogP contribution in [0.5, 0.6) is 11.5 Å². The summed E-state index contributed by atoms with van der Waals surface area (Å²) in [5.74, 6) is -1.41. The molecular weight excluding hydrogens is 508 g/mol. The van der Waals surface area contributed by atoms with Crippen LogP contribution in [-0.4, -0.2) is 65.5 Å². The summed E-state index contributed by atoms with van der Waals surface area (Å²) in [6.07, 6.45) is 6.78. The number of methoxy groups -OCH3 is 4. The Morgan fingerprint density at radius 1 is 0.436 bits per heavy atom. The van der Waals surface area contributed by atoms with Gasteiger partial charge in [0.1, 0.15) is 11.5 Å². The van der Waals surface area contributed by atoms with Gasteiger partial charge in [-0.2, -0.15) is 0 Å². The molecular formula is C29H36O10. The van der Waals surface area contributed by atoms with E-state index in [0.717, 1.165) is 44.9 Å². The lowest BCUT2D eigenvalue weighted by Gasteiger charge is -2.10. The molecule has 0 aliphatic heterocycles. The van der Waals surface area contributed by atoms with Crippen molar-refractivity contribution in [2.24, 2.45) is 0 Å². The van der Waals surface area contributed by atoms with Gasteiger partial charge >= 0.3 is 23.9 Å². The minimum absolute atomic E-state index is 0.222. The Hall–Kier alpha value is -4.08. The molecule has 10 nitrogen and oxygen atoms in total. The van der Waals surface area contributed by atoms with E-state index in [-0.39, 0.29) is 22.3 Å². The van der Waals surface area contributed by atoms with E-state index in [4.69, 9.17) is 28.4 Å². The Bertz CT molecular complexity index is 969. The number of esters is 4. The highest BCUT2D eigenvalue weighted by atomic mass is 16.5. The molecule has 0 saturated carbocycles. The third-order valence-corrected chi connectivity index (χ3v) is 5.82. The third kappa shape index (κ3) is 10.3. The van der Waals surface area contributed by atoms with Gasteiger partial charge in [0.25, 0.3) is 0 Å². The molecule has 0 heterocycles. The number of hydrogen-bond acceptors (Lipinski definition) is 10. The van der Waals surface area contributed by atoms with E-state index < -0.39 is 23.9 Å². The van der Waals surface area contributed by atoms with Gasteiger partial charge in [0, 0.05) is 0 Å². The van der Waals surface area contributed by atoms with Crippen molar-refractivity contribution in [1.29, 1.82) is 0 Å². The number of rotatable bonds is 16. The molecule has 2 rings (SSSR count). The van der Waals surface area contributed by atoms with Gasteiger partial charge in [-0.15, -0.1) is 0 Å². The fourth-order valence-corrected chi connectivity index (χ4v) is 3.78. The number of benzene rings is 2. The Kier molecular flexibility index (Phi) is 13.3. The van der Waals surface area contributed by atoms with Crippen molar-refractivity contribution in [1.82, 2.24) is 0 Å². The molecule has 0 spiro atoms. The van der Waals surface area contributed by atoms with Crippen LogP contribution in [0, 0.1) is 0 Å². The number of unbranched alkanes of at least 4 members (excludes halogenated alkanes) is 6. The van der Waals surface area contributed by atoms with Crippen molar-refractivity contribution in [2.45, 2.75) is 44.9 Å². The summed E-state index contributed by atoms with van der Waals surface area (Å²) in [5, 5.41) is 0. The standard InChI is InChI=1S/C29H36O10/c1-34-26(30)20-14-21(27(31)35-2)17-24(16-20)38-12-10-8-6-5-7-9-11-13-39-25-18-22(28(32)36-3)15-23(19-25)29(33)37-4/h14-19H,5-13H2,1-4H3. The van der Waals surface area contributed by atoms with Crippen LogP contribution in [0.2, 0.25) is 0 Å². The number of carbonyl (C=O) groups is 4. The summed E-state index contributed by atoms with van der Waals surface area (Å²) in [5.41, 5.74) is 0.887. The number of carbonyl (C=O) groups excluding carboxylic acids is 4. The first-order chi connectivity index (χ1) is 18.8. The molecule has 0 radical (unpaired) electrons. The van der Waals surface area contributed by atoms with Crippen molar-refractivity contribution < 1.29 is 47.6 Å². The topological polar surface area (TPSA) is 124 Å². The zero-order chi connectivity index (χ0) is 28.6. The molecule has 0 aliphatic rings. The number of ether oxygens (including phenoxy) is 6. The van der Waals surface area contributed by atoms with Gasteiger partial charge in [-0.05, 0) is 49.2 Å². The maximum Gasteiger partial charge on any atom is 0.338 e. The highest BCUT2D eigenvalue weighted by Gasteiger charge is 2.15. The molecule has 0 amide bonds. The summed E-state index contributed by atoms with van der Waals surface area (Å²) in [7, 11) is 5.09. The Balaban J connectivity index is 1.66. The highest BCUT2D eigenvalue weighted by Crippen LogP contribution is 2.21. The lowest BCUT2D eigenvalue weighted by molar-refractivity contribution is 0.0580. The molecule has 212 valence electrons. The van der Waals surface area contributed by atoms with Gasteiger partial charge in [-0.25, -0.2) is 19.2 Å². The molecule has 2 aromatic rings. The van der Waals surface area contributed by atoms with E-state index in [1.165, 1.54) is 40.6 Å². The van der Waals surface area contributed by atoms with Crippen molar-refractivity contribution in [3.63, 3.8) is 0 Å². The largest absolute Gasteiger partial charge is 0.494 e. The minimum Gasteiger partial charge on any atom is -0.494 e. The first kappa shape index (κ1) is 31.1. The third-order valence-electron chi connectivity index (χ3n) is 5.82. The van der Waals surface area contributed by atoms with E-state index >= 15 is 0 Å². The monoisotopic (exact) mass is 544 g/mol. The van der Waals surface area contributed by atoms with E-state index in [1.807, 2.05) is 0 Å². The molecule has 0 aliphatic carbocycles. The molecule has 2 aromatic carbocycles. The molecule has 10 heteroatoms. The molecule has 0 fully saturated rings. The minimum atomic E-state index is -0.559. The second-order valence-electron chi connectivity index (χ2n) is 8.63. The van der Waals surface area contributed by atoms with Crippen LogP contribution in [0.4, 0.5) is 0 Å². The van der Waals surface area contributed by atoms with Crippen molar-refractivity contribution in [2.75, 3.05) is 41.7 Å². The lowest BCUT2D eigenvalue weighted by atomic mass is 10.1. The van der Waals surface area contributed by atoms with Crippen LogP contribution in [0.15, 0.2) is 36.4 Å². The molecule has 39 heavy (non-hydrogen) atoms. The SMILES string of the molecule is COC(=O)c1cc(OCCCCCCCCCOc2cc(C(=O)OC)cc(C(=O)OC)c2)cc(C(=O)OC)c1. The first-order valence-electron chi connectivity index (χ1n) is 12.7. The average molecular weight is 545 g/mol. The smallest absolute Gasteiger partial charge is 0.338 e. The van der Waals surface area contributed by atoms with Crippen LogP contribution in [0.3, 0.4) is 0 Å². The van der Waals surface area contributed by atoms with Crippen LogP contribution in [0.1, 0.15) is 86.4 Å². The zero-order valence-corrected chi connectivity index (χ0v) is 22.9. The molecule has 0 bridgehead atoms. The maximum atomic E-state index is 11.9. The van der Waals surface area contributed by atoms with Crippen LogP contribution in [0.25, 0.3) is 0 Å². The van der Waals surface area contributed by atoms with Crippen LogP contribution in [-0.2, 0) is 18.9 Å². The Morgan fingerprint density at radius 2 is 0.692 bits per heavy atom. The van der Waals surface area contributed by atoms with E-state index in [9.17, 15) is 19.2 Å². The van der Waals surface area contributed by atoms with Gasteiger partial charge in [0.15, 0.2) is 0 Å². The summed E-state index contributed by atoms with van der Waals surface area (Å²) in [6, 6.07) is 9.00. The van der Waals surface area contributed by atoms with Crippen LogP contribution >= 0.6 is 0 Å². The van der Waals surface area contributed by atoms with Gasteiger partial charge in [-0.3, -0.25) is 0 Å². The van der Waals surface area contributed by atoms with Gasteiger partial charge < -0.3 is 28.4 Å². The van der Waals surface area contributed by atoms with Crippen molar-refractivity contribution in [3.8, 4) is 11.5 Å². The highest BCUT2D eigenvalue weighted by molar-refractivity contribution is 5.96. The molecule has 0 unspecified atom stereocenters. The average Bonchev–Trinajstić information content (AvgIpc) is 2.97. The molecule has 0 saturated heterocycles. The zero-order valence-electron chi connectivity index (χ0n) is 22.9. The van der Waals surface area contributed by atoms with Crippen LogP contribution < -0.4 is 9.47 Å². The Morgan fingerprint density at radius 3 is 0.949 bits per heavy atom. The van der Waals surface area contributed by atoms with E-state index in [0.29, 0.717) is 24.7 Å². The fraction of sp³-hybridized carbons (Fsp3) is 0.448. The van der Waals surface area contributed by atoms with Gasteiger partial charge in [-0.1, -0.05) is 32.1 Å².